The van der Waals surface area contributed by atoms with Gasteiger partial charge >= 0.3 is 12.1 Å². The number of ether oxygens (including phenoxy) is 2. The van der Waals surface area contributed by atoms with E-state index in [1.165, 1.54) is 25.3 Å². The van der Waals surface area contributed by atoms with E-state index in [0.29, 0.717) is 11.8 Å². The highest BCUT2D eigenvalue weighted by Crippen LogP contribution is 2.39. The van der Waals surface area contributed by atoms with Crippen LogP contribution in [-0.4, -0.2) is 65.2 Å². The van der Waals surface area contributed by atoms with Crippen LogP contribution in [0.5, 0.6) is 5.75 Å². The number of esters is 1. The molecule has 3 aromatic rings. The van der Waals surface area contributed by atoms with Gasteiger partial charge in [0.25, 0.3) is 15.9 Å². The molecule has 1 heterocycles. The van der Waals surface area contributed by atoms with Crippen LogP contribution in [0, 0.1) is 0 Å². The van der Waals surface area contributed by atoms with Gasteiger partial charge < -0.3 is 24.9 Å². The Labute approximate surface area is 251 Å². The molecule has 0 spiro atoms. The van der Waals surface area contributed by atoms with Gasteiger partial charge in [-0.3, -0.25) is 13.9 Å². The van der Waals surface area contributed by atoms with Crippen LogP contribution in [0.3, 0.4) is 0 Å². The second kappa shape index (κ2) is 12.8. The summed E-state index contributed by atoms with van der Waals surface area (Å²) in [5, 5.41) is 15.5. The van der Waals surface area contributed by atoms with Gasteiger partial charge in [0.15, 0.2) is 5.84 Å². The van der Waals surface area contributed by atoms with E-state index in [1.807, 2.05) is 0 Å². The summed E-state index contributed by atoms with van der Waals surface area (Å²) in [7, 11) is 0.0633. The van der Waals surface area contributed by atoms with Crippen LogP contribution in [0.1, 0.15) is 34.3 Å². The number of halogens is 3. The predicted octanol–water partition coefficient (Wildman–Crippen LogP) is 4.25. The first-order valence-electron chi connectivity index (χ1n) is 13.1. The standard InChI is InChI=1S/C29H29F3N4O7S/c1-35(2)23-10-5-4-9-22(23)28(38)33-27(34-39)18-11-13-25-24(15-18)36(17-20(43-25)12-14-26(37)42-3)44(40,41)21-8-6-7-19(16-21)29(30,31)32/h4-11,13,15-16,20,39H,12,14,17H2,1-3H3,(H,33,34,38)/t20-/m0/s1. The van der Waals surface area contributed by atoms with Crippen LogP contribution in [0.2, 0.25) is 0 Å². The highest BCUT2D eigenvalue weighted by molar-refractivity contribution is 7.92. The molecule has 3 aromatic carbocycles. The van der Waals surface area contributed by atoms with E-state index >= 15 is 0 Å². The molecule has 0 fully saturated rings. The Bertz CT molecular complexity index is 1690. The summed E-state index contributed by atoms with van der Waals surface area (Å²) in [6.07, 6.45) is -5.71. The minimum Gasteiger partial charge on any atom is -0.486 e. The van der Waals surface area contributed by atoms with E-state index in [0.717, 1.165) is 22.5 Å². The molecule has 0 unspecified atom stereocenters. The highest BCUT2D eigenvalue weighted by atomic mass is 32.2. The fourth-order valence-corrected chi connectivity index (χ4v) is 6.11. The Morgan fingerprint density at radius 1 is 1.11 bits per heavy atom. The zero-order chi connectivity index (χ0) is 32.2. The number of carbonyl (C=O) groups is 2. The number of hydrogen-bond acceptors (Lipinski definition) is 9. The molecule has 2 N–H and O–H groups in total. The van der Waals surface area contributed by atoms with Crippen LogP contribution < -0.4 is 19.3 Å². The molecule has 1 amide bonds. The van der Waals surface area contributed by atoms with Crippen molar-refractivity contribution in [3.8, 4) is 5.75 Å². The average molecular weight is 635 g/mol. The molecule has 0 saturated heterocycles. The molecule has 4 rings (SSSR count). The van der Waals surface area contributed by atoms with E-state index in [9.17, 15) is 36.4 Å². The second-order valence-corrected chi connectivity index (χ2v) is 11.8. The van der Waals surface area contributed by atoms with E-state index in [1.54, 1.807) is 43.3 Å². The van der Waals surface area contributed by atoms with Crippen molar-refractivity contribution in [1.82, 2.24) is 5.32 Å². The van der Waals surface area contributed by atoms with Crippen LogP contribution >= 0.6 is 0 Å². The Hall–Kier alpha value is -4.79. The number of fused-ring (bicyclic) bond motifs is 1. The van der Waals surface area contributed by atoms with Crippen LogP contribution in [-0.2, 0) is 25.7 Å². The lowest BCUT2D eigenvalue weighted by Crippen LogP contribution is -2.44. The fourth-order valence-electron chi connectivity index (χ4n) is 4.56. The quantitative estimate of drug-likeness (QED) is 0.123. The first kappa shape index (κ1) is 32.1. The van der Waals surface area contributed by atoms with Gasteiger partial charge in [-0.05, 0) is 55.0 Å². The van der Waals surface area contributed by atoms with Gasteiger partial charge in [0.1, 0.15) is 11.9 Å². The van der Waals surface area contributed by atoms with E-state index in [2.05, 4.69) is 15.2 Å². The van der Waals surface area contributed by atoms with Crippen molar-refractivity contribution < 1.29 is 45.9 Å². The Balaban J connectivity index is 1.74. The van der Waals surface area contributed by atoms with Crippen LogP contribution in [0.25, 0.3) is 0 Å². The SMILES string of the molecule is COC(=O)CC[C@H]1CN(S(=O)(=O)c2cccc(C(F)(F)F)c2)c2cc(/C(=N/O)NC(=O)c3ccccc3N(C)C)ccc2O1. The molecule has 0 radical (unpaired) electrons. The van der Waals surface area contributed by atoms with Gasteiger partial charge in [0, 0.05) is 31.8 Å². The third-order valence-electron chi connectivity index (χ3n) is 6.77. The zero-order valence-corrected chi connectivity index (χ0v) is 24.6. The molecule has 15 heteroatoms. The number of nitrogens with one attached hydrogen (secondary N) is 1. The van der Waals surface area contributed by atoms with E-state index < -0.39 is 44.6 Å². The first-order chi connectivity index (χ1) is 20.8. The number of rotatable bonds is 8. The maximum Gasteiger partial charge on any atom is 0.416 e. The molecule has 1 aliphatic heterocycles. The molecule has 0 aliphatic carbocycles. The number of methoxy groups -OCH3 is 1. The molecular weight excluding hydrogens is 605 g/mol. The van der Waals surface area contributed by atoms with Gasteiger partial charge in [-0.1, -0.05) is 23.4 Å². The van der Waals surface area contributed by atoms with Crippen LogP contribution in [0.15, 0.2) is 76.8 Å². The van der Waals surface area contributed by atoms with Crippen molar-refractivity contribution in [3.05, 3.63) is 83.4 Å². The van der Waals surface area contributed by atoms with Crippen molar-refractivity contribution in [2.75, 3.05) is 37.0 Å². The first-order valence-corrected chi connectivity index (χ1v) is 14.6. The van der Waals surface area contributed by atoms with Gasteiger partial charge in [0.2, 0.25) is 0 Å². The van der Waals surface area contributed by atoms with Gasteiger partial charge in [-0.2, -0.15) is 13.2 Å². The number of nitrogens with zero attached hydrogens (tertiary/aromatic N) is 3. The number of amides is 1. The Morgan fingerprint density at radius 3 is 2.50 bits per heavy atom. The molecule has 0 saturated carbocycles. The summed E-state index contributed by atoms with van der Waals surface area (Å²) in [4.78, 5) is 26.0. The molecule has 11 nitrogen and oxygen atoms in total. The van der Waals surface area contributed by atoms with E-state index in [4.69, 9.17) is 4.74 Å². The maximum atomic E-state index is 13.8. The predicted molar refractivity (Wildman–Crippen MR) is 155 cm³/mol. The number of oxime groups is 1. The minimum atomic E-state index is -4.79. The van der Waals surface area contributed by atoms with Crippen molar-refractivity contribution in [2.45, 2.75) is 30.0 Å². The summed E-state index contributed by atoms with van der Waals surface area (Å²) in [5.74, 6) is -1.47. The van der Waals surface area contributed by atoms with Gasteiger partial charge in [-0.15, -0.1) is 0 Å². The summed E-state index contributed by atoms with van der Waals surface area (Å²) in [5.41, 5.74) is -0.320. The third kappa shape index (κ3) is 6.88. The van der Waals surface area contributed by atoms with Crippen molar-refractivity contribution in [3.63, 3.8) is 0 Å². The number of benzene rings is 3. The number of amidine groups is 1. The molecule has 0 aromatic heterocycles. The second-order valence-electron chi connectivity index (χ2n) is 9.91. The number of sulfonamides is 1. The third-order valence-corrected chi connectivity index (χ3v) is 8.55. The van der Waals surface area contributed by atoms with E-state index in [-0.39, 0.29) is 47.8 Å². The monoisotopic (exact) mass is 634 g/mol. The molecule has 0 bridgehead atoms. The number of alkyl halides is 3. The van der Waals surface area contributed by atoms with Crippen molar-refractivity contribution in [2.24, 2.45) is 5.16 Å². The number of anilines is 2. The topological polar surface area (TPSA) is 138 Å². The zero-order valence-electron chi connectivity index (χ0n) is 23.8. The highest BCUT2D eigenvalue weighted by Gasteiger charge is 2.37. The maximum absolute atomic E-state index is 13.8. The average Bonchev–Trinajstić information content (AvgIpc) is 3.01. The largest absolute Gasteiger partial charge is 0.486 e. The molecule has 1 atom stereocenters. The number of carbonyl (C=O) groups excluding carboxylic acids is 2. The molecule has 234 valence electrons. The molecule has 1 aliphatic rings. The number of hydrogen-bond donors (Lipinski definition) is 2. The fraction of sp³-hybridized carbons (Fsp3) is 0.276. The van der Waals surface area contributed by atoms with Gasteiger partial charge in [-0.25, -0.2) is 8.42 Å². The molecule has 44 heavy (non-hydrogen) atoms. The van der Waals surface area contributed by atoms with Crippen molar-refractivity contribution >= 4 is 39.1 Å². The summed E-state index contributed by atoms with van der Waals surface area (Å²) in [6.45, 7) is -0.361. The lowest BCUT2D eigenvalue weighted by atomic mass is 10.1. The summed E-state index contributed by atoms with van der Waals surface area (Å²) < 4.78 is 79.5. The lowest BCUT2D eigenvalue weighted by Gasteiger charge is -2.36. The van der Waals surface area contributed by atoms with Gasteiger partial charge in [0.05, 0.1) is 35.4 Å². The minimum absolute atomic E-state index is 0.0342. The van der Waals surface area contributed by atoms with Crippen LogP contribution in [0.4, 0.5) is 24.5 Å². The Morgan fingerprint density at radius 2 is 1.84 bits per heavy atom. The van der Waals surface area contributed by atoms with Crippen molar-refractivity contribution in [1.29, 1.82) is 0 Å². The smallest absolute Gasteiger partial charge is 0.416 e. The Kier molecular flexibility index (Phi) is 9.37. The summed E-state index contributed by atoms with van der Waals surface area (Å²) in [6, 6.07) is 14.0. The number of para-hydroxylation sites is 1. The normalized spacial score (nSPS) is 15.2. The lowest BCUT2D eigenvalue weighted by molar-refractivity contribution is -0.141. The summed E-state index contributed by atoms with van der Waals surface area (Å²) >= 11 is 0. The molecular formula is C29H29F3N4O7S.